The highest BCUT2D eigenvalue weighted by atomic mass is 35.5. The molecule has 1 atom stereocenters. The number of ether oxygens (including phenoxy) is 1. The maximum absolute atomic E-state index is 12.5. The zero-order valence-electron chi connectivity index (χ0n) is 15.2. The van der Waals surface area contributed by atoms with Gasteiger partial charge in [-0.3, -0.25) is 9.59 Å². The van der Waals surface area contributed by atoms with Gasteiger partial charge in [-0.25, -0.2) is 0 Å². The van der Waals surface area contributed by atoms with Gasteiger partial charge in [-0.05, 0) is 49.1 Å². The van der Waals surface area contributed by atoms with E-state index in [2.05, 4.69) is 10.6 Å². The van der Waals surface area contributed by atoms with Gasteiger partial charge in [0.05, 0.1) is 16.6 Å². The molecule has 1 heterocycles. The number of carbonyl (C=O) groups is 2. The van der Waals surface area contributed by atoms with Gasteiger partial charge in [0, 0.05) is 24.6 Å². The number of halogens is 2. The van der Waals surface area contributed by atoms with E-state index < -0.39 is 6.04 Å². The smallest absolute Gasteiger partial charge is 0.257 e. The van der Waals surface area contributed by atoms with Crippen LogP contribution in [-0.2, 0) is 9.53 Å². The van der Waals surface area contributed by atoms with Crippen molar-refractivity contribution >= 4 is 47.2 Å². The number of carbonyl (C=O) groups excluding carboxylic acids is 2. The first-order valence-electron chi connectivity index (χ1n) is 8.85. The Morgan fingerprint density at radius 2 is 1.71 bits per heavy atom. The monoisotopic (exact) mass is 423 g/mol. The maximum atomic E-state index is 12.5. The van der Waals surface area contributed by atoms with Gasteiger partial charge in [0.2, 0.25) is 5.91 Å². The highest BCUT2D eigenvalue weighted by molar-refractivity contribution is 6.34. The van der Waals surface area contributed by atoms with E-state index >= 15 is 0 Å². The van der Waals surface area contributed by atoms with Crippen molar-refractivity contribution in [3.05, 3.63) is 59.1 Å². The summed E-state index contributed by atoms with van der Waals surface area (Å²) in [6.07, 6.45) is 1.53. The lowest BCUT2D eigenvalue weighted by atomic mass is 9.92. The van der Waals surface area contributed by atoms with Crippen LogP contribution in [0.5, 0.6) is 0 Å². The standard InChI is InChI=1S/C20H22ClN3O3.ClH/c21-17-7-6-15(24-20(26)18(22)13-8-10-27-11-9-13)12-16(17)19(25)23-14-4-2-1-3-5-14;/h1-7,12-13,18H,8-11,22H2,(H,23,25)(H,24,26);1H. The molecule has 1 unspecified atom stereocenters. The molecule has 3 rings (SSSR count). The molecule has 1 fully saturated rings. The molecule has 2 aromatic rings. The predicted octanol–water partition coefficient (Wildman–Crippen LogP) is 3.71. The number of nitrogens with one attached hydrogen (secondary N) is 2. The summed E-state index contributed by atoms with van der Waals surface area (Å²) in [5.74, 6) is -0.540. The van der Waals surface area contributed by atoms with E-state index in [0.29, 0.717) is 29.6 Å². The number of para-hydroxylation sites is 1. The second-order valence-electron chi connectivity index (χ2n) is 6.48. The largest absolute Gasteiger partial charge is 0.381 e. The lowest BCUT2D eigenvalue weighted by molar-refractivity contribution is -0.119. The third kappa shape index (κ3) is 5.69. The molecule has 4 N–H and O–H groups in total. The van der Waals surface area contributed by atoms with Crippen LogP contribution in [-0.4, -0.2) is 31.1 Å². The van der Waals surface area contributed by atoms with E-state index in [9.17, 15) is 9.59 Å². The van der Waals surface area contributed by atoms with Crippen LogP contribution in [0.25, 0.3) is 0 Å². The van der Waals surface area contributed by atoms with Gasteiger partial charge in [0.15, 0.2) is 0 Å². The SMILES string of the molecule is Cl.NC(C(=O)Nc1ccc(Cl)c(C(=O)Nc2ccccc2)c1)C1CCOCC1. The molecule has 0 saturated carbocycles. The number of hydrogen-bond acceptors (Lipinski definition) is 4. The van der Waals surface area contributed by atoms with Crippen molar-refractivity contribution in [1.82, 2.24) is 0 Å². The summed E-state index contributed by atoms with van der Waals surface area (Å²) in [5.41, 5.74) is 7.51. The minimum Gasteiger partial charge on any atom is -0.381 e. The Labute approximate surface area is 175 Å². The molecule has 0 bridgehead atoms. The van der Waals surface area contributed by atoms with Crippen molar-refractivity contribution in [3.8, 4) is 0 Å². The predicted molar refractivity (Wildman–Crippen MR) is 113 cm³/mol. The second kappa shape index (κ2) is 10.4. The van der Waals surface area contributed by atoms with Gasteiger partial charge in [-0.2, -0.15) is 0 Å². The first-order valence-corrected chi connectivity index (χ1v) is 9.22. The van der Waals surface area contributed by atoms with Crippen LogP contribution in [0.15, 0.2) is 48.5 Å². The average molecular weight is 424 g/mol. The first kappa shape index (κ1) is 22.2. The molecule has 0 radical (unpaired) electrons. The molecule has 0 spiro atoms. The summed E-state index contributed by atoms with van der Waals surface area (Å²) in [4.78, 5) is 25.0. The number of benzene rings is 2. The average Bonchev–Trinajstić information content (AvgIpc) is 2.70. The summed E-state index contributed by atoms with van der Waals surface area (Å²) < 4.78 is 5.31. The second-order valence-corrected chi connectivity index (χ2v) is 6.89. The van der Waals surface area contributed by atoms with E-state index in [1.807, 2.05) is 18.2 Å². The third-order valence-corrected chi connectivity index (χ3v) is 4.92. The topological polar surface area (TPSA) is 93.5 Å². The molecule has 0 aromatic heterocycles. The number of amides is 2. The Bertz CT molecular complexity index is 812. The molecule has 1 aliphatic heterocycles. The summed E-state index contributed by atoms with van der Waals surface area (Å²) >= 11 is 6.17. The minimum atomic E-state index is -0.619. The van der Waals surface area contributed by atoms with Crippen LogP contribution in [0.1, 0.15) is 23.2 Å². The molecule has 8 heteroatoms. The number of nitrogens with two attached hydrogens (primary N) is 1. The molecule has 28 heavy (non-hydrogen) atoms. The number of anilines is 2. The van der Waals surface area contributed by atoms with Gasteiger partial charge in [0.25, 0.3) is 5.91 Å². The van der Waals surface area contributed by atoms with Gasteiger partial charge >= 0.3 is 0 Å². The van der Waals surface area contributed by atoms with E-state index in [1.165, 1.54) is 0 Å². The summed E-state index contributed by atoms with van der Waals surface area (Å²) in [6.45, 7) is 1.24. The van der Waals surface area contributed by atoms with Gasteiger partial charge in [-0.1, -0.05) is 29.8 Å². The first-order chi connectivity index (χ1) is 13.0. The molecule has 6 nitrogen and oxygen atoms in total. The Kier molecular flexibility index (Phi) is 8.26. The van der Waals surface area contributed by atoms with Crippen molar-refractivity contribution in [2.24, 2.45) is 11.7 Å². The zero-order valence-corrected chi connectivity index (χ0v) is 16.8. The Balaban J connectivity index is 0.00000280. The Morgan fingerprint density at radius 3 is 2.39 bits per heavy atom. The molecular formula is C20H23Cl2N3O3. The maximum Gasteiger partial charge on any atom is 0.257 e. The van der Waals surface area contributed by atoms with Gasteiger partial charge < -0.3 is 21.1 Å². The number of hydrogen-bond donors (Lipinski definition) is 3. The Hall–Kier alpha value is -2.12. The molecule has 1 saturated heterocycles. The van der Waals surface area contributed by atoms with Crippen LogP contribution in [0.4, 0.5) is 11.4 Å². The number of rotatable bonds is 5. The molecular weight excluding hydrogens is 401 g/mol. The van der Waals surface area contributed by atoms with Crippen LogP contribution in [0.3, 0.4) is 0 Å². The van der Waals surface area contributed by atoms with Crippen LogP contribution in [0, 0.1) is 5.92 Å². The summed E-state index contributed by atoms with van der Waals surface area (Å²) in [7, 11) is 0. The van der Waals surface area contributed by atoms with E-state index in [1.54, 1.807) is 30.3 Å². The van der Waals surface area contributed by atoms with Crippen molar-refractivity contribution in [1.29, 1.82) is 0 Å². The fraction of sp³-hybridized carbons (Fsp3) is 0.300. The fourth-order valence-electron chi connectivity index (χ4n) is 3.01. The van der Waals surface area contributed by atoms with E-state index in [0.717, 1.165) is 12.8 Å². The molecule has 2 aromatic carbocycles. The van der Waals surface area contributed by atoms with Gasteiger partial charge in [0.1, 0.15) is 0 Å². The van der Waals surface area contributed by atoms with Crippen LogP contribution < -0.4 is 16.4 Å². The molecule has 2 amide bonds. The summed E-state index contributed by atoms with van der Waals surface area (Å²) in [6, 6.07) is 13.2. The quantitative estimate of drug-likeness (QED) is 0.682. The van der Waals surface area contributed by atoms with Crippen molar-refractivity contribution in [3.63, 3.8) is 0 Å². The Morgan fingerprint density at radius 1 is 1.04 bits per heavy atom. The van der Waals surface area contributed by atoms with Crippen molar-refractivity contribution in [2.75, 3.05) is 23.8 Å². The molecule has 1 aliphatic rings. The lowest BCUT2D eigenvalue weighted by Gasteiger charge is -2.26. The van der Waals surface area contributed by atoms with E-state index in [-0.39, 0.29) is 35.7 Å². The molecule has 150 valence electrons. The zero-order chi connectivity index (χ0) is 19.2. The minimum absolute atomic E-state index is 0. The van der Waals surface area contributed by atoms with Crippen molar-refractivity contribution in [2.45, 2.75) is 18.9 Å². The third-order valence-electron chi connectivity index (χ3n) is 4.59. The lowest BCUT2D eigenvalue weighted by Crippen LogP contribution is -2.44. The van der Waals surface area contributed by atoms with E-state index in [4.69, 9.17) is 22.1 Å². The van der Waals surface area contributed by atoms with Crippen LogP contribution in [0.2, 0.25) is 5.02 Å². The highest BCUT2D eigenvalue weighted by Gasteiger charge is 2.26. The fourth-order valence-corrected chi connectivity index (χ4v) is 3.21. The van der Waals surface area contributed by atoms with Crippen LogP contribution >= 0.6 is 24.0 Å². The highest BCUT2D eigenvalue weighted by Crippen LogP contribution is 2.23. The van der Waals surface area contributed by atoms with Crippen molar-refractivity contribution < 1.29 is 14.3 Å². The van der Waals surface area contributed by atoms with Gasteiger partial charge in [-0.15, -0.1) is 12.4 Å². The normalized spacial score (nSPS) is 15.2. The summed E-state index contributed by atoms with van der Waals surface area (Å²) in [5, 5.41) is 5.86. The molecule has 0 aliphatic carbocycles.